The maximum atomic E-state index is 13.3. The number of benzene rings is 2. The zero-order valence-corrected chi connectivity index (χ0v) is 9.64. The van der Waals surface area contributed by atoms with Crippen molar-refractivity contribution in [3.05, 3.63) is 52.8 Å². The molecule has 0 amide bonds. The molecule has 0 aliphatic heterocycles. The van der Waals surface area contributed by atoms with E-state index in [4.69, 9.17) is 22.1 Å². The Kier molecular flexibility index (Phi) is 3.34. The standard InChI is InChI=1S/C12H7ClF3NO/c13-6-4-9(17)11(5-8(6)15)18-10-3-1-2-7(14)12(10)16/h1-5H,17H2. The molecular formula is C12H7ClF3NO. The Balaban J connectivity index is 2.40. The number of rotatable bonds is 2. The van der Waals surface area contributed by atoms with Crippen LogP contribution >= 0.6 is 11.6 Å². The van der Waals surface area contributed by atoms with Crippen LogP contribution in [-0.4, -0.2) is 0 Å². The second kappa shape index (κ2) is 4.78. The van der Waals surface area contributed by atoms with Crippen LogP contribution in [0.3, 0.4) is 0 Å². The quantitative estimate of drug-likeness (QED) is 0.835. The first kappa shape index (κ1) is 12.6. The molecule has 0 spiro atoms. The van der Waals surface area contributed by atoms with Crippen molar-refractivity contribution in [3.8, 4) is 11.5 Å². The Labute approximate surface area is 106 Å². The molecule has 0 atom stereocenters. The second-order valence-corrected chi connectivity index (χ2v) is 3.87. The van der Waals surface area contributed by atoms with Gasteiger partial charge in [0.1, 0.15) is 5.82 Å². The predicted octanol–water partition coefficient (Wildman–Crippen LogP) is 4.13. The highest BCUT2D eigenvalue weighted by molar-refractivity contribution is 6.31. The van der Waals surface area contributed by atoms with Crippen molar-refractivity contribution in [1.29, 1.82) is 0 Å². The first-order valence-corrected chi connectivity index (χ1v) is 5.23. The summed E-state index contributed by atoms with van der Waals surface area (Å²) in [5, 5.41) is -0.181. The molecule has 2 rings (SSSR count). The van der Waals surface area contributed by atoms with Gasteiger partial charge in [0.2, 0.25) is 5.82 Å². The molecule has 0 bridgehead atoms. The summed E-state index contributed by atoms with van der Waals surface area (Å²) in [7, 11) is 0. The van der Waals surface area contributed by atoms with Gasteiger partial charge in [-0.1, -0.05) is 17.7 Å². The highest BCUT2D eigenvalue weighted by Gasteiger charge is 2.13. The minimum absolute atomic E-state index is 0.0186. The van der Waals surface area contributed by atoms with Gasteiger partial charge in [0, 0.05) is 6.07 Å². The van der Waals surface area contributed by atoms with Gasteiger partial charge in [-0.15, -0.1) is 0 Å². The van der Waals surface area contributed by atoms with Gasteiger partial charge in [0.05, 0.1) is 10.7 Å². The largest absolute Gasteiger partial charge is 0.452 e. The fraction of sp³-hybridized carbons (Fsp3) is 0. The van der Waals surface area contributed by atoms with Gasteiger partial charge in [-0.2, -0.15) is 4.39 Å². The molecule has 0 saturated carbocycles. The van der Waals surface area contributed by atoms with E-state index in [2.05, 4.69) is 0 Å². The van der Waals surface area contributed by atoms with Crippen molar-refractivity contribution in [3.63, 3.8) is 0 Å². The second-order valence-electron chi connectivity index (χ2n) is 3.46. The Morgan fingerprint density at radius 2 is 1.72 bits per heavy atom. The third kappa shape index (κ3) is 2.36. The Morgan fingerprint density at radius 3 is 2.44 bits per heavy atom. The van der Waals surface area contributed by atoms with Crippen LogP contribution in [0.2, 0.25) is 5.02 Å². The molecule has 0 heterocycles. The van der Waals surface area contributed by atoms with E-state index in [1.54, 1.807) is 0 Å². The summed E-state index contributed by atoms with van der Waals surface area (Å²) in [6.07, 6.45) is 0. The molecule has 0 aliphatic carbocycles. The van der Waals surface area contributed by atoms with E-state index >= 15 is 0 Å². The summed E-state index contributed by atoms with van der Waals surface area (Å²) in [6.45, 7) is 0. The van der Waals surface area contributed by atoms with Crippen LogP contribution in [0.5, 0.6) is 11.5 Å². The lowest BCUT2D eigenvalue weighted by molar-refractivity contribution is 0.415. The number of hydrogen-bond acceptors (Lipinski definition) is 2. The van der Waals surface area contributed by atoms with Crippen LogP contribution < -0.4 is 10.5 Å². The van der Waals surface area contributed by atoms with Crippen LogP contribution in [0.15, 0.2) is 30.3 Å². The number of hydrogen-bond donors (Lipinski definition) is 1. The van der Waals surface area contributed by atoms with E-state index in [9.17, 15) is 13.2 Å². The smallest absolute Gasteiger partial charge is 0.201 e. The summed E-state index contributed by atoms with van der Waals surface area (Å²) < 4.78 is 44.5. The highest BCUT2D eigenvalue weighted by Crippen LogP contribution is 2.33. The van der Waals surface area contributed by atoms with E-state index in [1.165, 1.54) is 12.1 Å². The first-order chi connectivity index (χ1) is 8.49. The van der Waals surface area contributed by atoms with Crippen molar-refractivity contribution >= 4 is 17.3 Å². The lowest BCUT2D eigenvalue weighted by Gasteiger charge is -2.10. The Bertz CT molecular complexity index is 604. The third-order valence-electron chi connectivity index (χ3n) is 2.19. The van der Waals surface area contributed by atoms with E-state index in [1.807, 2.05) is 0 Å². The van der Waals surface area contributed by atoms with Gasteiger partial charge in [0.25, 0.3) is 0 Å². The molecule has 0 saturated heterocycles. The van der Waals surface area contributed by atoms with Gasteiger partial charge in [-0.3, -0.25) is 0 Å². The summed E-state index contributed by atoms with van der Waals surface area (Å²) in [5.74, 6) is -3.53. The Morgan fingerprint density at radius 1 is 1.00 bits per heavy atom. The van der Waals surface area contributed by atoms with E-state index in [-0.39, 0.29) is 22.2 Å². The zero-order valence-electron chi connectivity index (χ0n) is 8.88. The molecule has 2 nitrogen and oxygen atoms in total. The van der Waals surface area contributed by atoms with Crippen LogP contribution in [0, 0.1) is 17.5 Å². The van der Waals surface area contributed by atoms with Crippen molar-refractivity contribution in [2.45, 2.75) is 0 Å². The maximum Gasteiger partial charge on any atom is 0.201 e. The molecule has 2 aromatic rings. The fourth-order valence-electron chi connectivity index (χ4n) is 1.31. The van der Waals surface area contributed by atoms with Gasteiger partial charge in [0.15, 0.2) is 17.3 Å². The van der Waals surface area contributed by atoms with Gasteiger partial charge in [-0.25, -0.2) is 8.78 Å². The van der Waals surface area contributed by atoms with E-state index < -0.39 is 17.5 Å². The number of halogens is 4. The third-order valence-corrected chi connectivity index (χ3v) is 2.48. The SMILES string of the molecule is Nc1cc(Cl)c(F)cc1Oc1cccc(F)c1F. The lowest BCUT2D eigenvalue weighted by Crippen LogP contribution is -1.96. The molecule has 2 aromatic carbocycles. The van der Waals surface area contributed by atoms with Gasteiger partial charge in [-0.05, 0) is 18.2 Å². The predicted molar refractivity (Wildman–Crippen MR) is 62.3 cm³/mol. The minimum atomic E-state index is -1.17. The van der Waals surface area contributed by atoms with Crippen molar-refractivity contribution in [2.75, 3.05) is 5.73 Å². The molecule has 18 heavy (non-hydrogen) atoms. The summed E-state index contributed by atoms with van der Waals surface area (Å²) >= 11 is 5.50. The van der Waals surface area contributed by atoms with Gasteiger partial charge < -0.3 is 10.5 Å². The van der Waals surface area contributed by atoms with Crippen LogP contribution in [0.4, 0.5) is 18.9 Å². The minimum Gasteiger partial charge on any atom is -0.452 e. The molecule has 0 fully saturated rings. The molecule has 0 unspecified atom stereocenters. The van der Waals surface area contributed by atoms with Crippen molar-refractivity contribution in [2.24, 2.45) is 0 Å². The molecule has 2 N–H and O–H groups in total. The summed E-state index contributed by atoms with van der Waals surface area (Å²) in [4.78, 5) is 0. The molecule has 0 aromatic heterocycles. The van der Waals surface area contributed by atoms with E-state index in [0.29, 0.717) is 0 Å². The van der Waals surface area contributed by atoms with Crippen molar-refractivity contribution in [1.82, 2.24) is 0 Å². The summed E-state index contributed by atoms with van der Waals surface area (Å²) in [6, 6.07) is 5.43. The number of ether oxygens (including phenoxy) is 1. The summed E-state index contributed by atoms with van der Waals surface area (Å²) in [5.41, 5.74) is 5.55. The van der Waals surface area contributed by atoms with Crippen LogP contribution in [0.25, 0.3) is 0 Å². The number of anilines is 1. The average molecular weight is 274 g/mol. The van der Waals surface area contributed by atoms with Gasteiger partial charge >= 0.3 is 0 Å². The van der Waals surface area contributed by atoms with E-state index in [0.717, 1.165) is 18.2 Å². The lowest BCUT2D eigenvalue weighted by atomic mass is 10.2. The topological polar surface area (TPSA) is 35.2 Å². The van der Waals surface area contributed by atoms with Crippen LogP contribution in [-0.2, 0) is 0 Å². The molecule has 94 valence electrons. The zero-order chi connectivity index (χ0) is 13.3. The molecule has 0 aliphatic rings. The highest BCUT2D eigenvalue weighted by atomic mass is 35.5. The number of nitrogens with two attached hydrogens (primary N) is 1. The normalized spacial score (nSPS) is 10.4. The average Bonchev–Trinajstić information content (AvgIpc) is 2.32. The van der Waals surface area contributed by atoms with Crippen LogP contribution in [0.1, 0.15) is 0 Å². The number of nitrogen functional groups attached to an aromatic ring is 1. The van der Waals surface area contributed by atoms with Crippen molar-refractivity contribution < 1.29 is 17.9 Å². The molecule has 0 radical (unpaired) electrons. The maximum absolute atomic E-state index is 13.3. The fourth-order valence-corrected chi connectivity index (χ4v) is 1.49. The Hall–Kier alpha value is -1.88. The molecular weight excluding hydrogens is 267 g/mol. The first-order valence-electron chi connectivity index (χ1n) is 4.85. The monoisotopic (exact) mass is 273 g/mol. The molecule has 6 heteroatoms.